The summed E-state index contributed by atoms with van der Waals surface area (Å²) >= 11 is 0. The van der Waals surface area contributed by atoms with Gasteiger partial charge in [0.1, 0.15) is 0 Å². The van der Waals surface area contributed by atoms with Gasteiger partial charge in [-0.05, 0) is 5.92 Å². The lowest BCUT2D eigenvalue weighted by atomic mass is 10.2. The van der Waals surface area contributed by atoms with E-state index in [2.05, 4.69) is 0 Å². The summed E-state index contributed by atoms with van der Waals surface area (Å²) in [4.78, 5) is 10.8. The minimum absolute atomic E-state index is 0. The summed E-state index contributed by atoms with van der Waals surface area (Å²) in [7, 11) is 0. The van der Waals surface area contributed by atoms with Gasteiger partial charge in [0, 0.05) is 0 Å². The van der Waals surface area contributed by atoms with Gasteiger partial charge in [0.25, 0.3) is 0 Å². The predicted octanol–water partition coefficient (Wildman–Crippen LogP) is 2.26. The molecule has 0 aromatic heterocycles. The minimum Gasteiger partial charge on any atom is -0.465 e. The average molecular weight is 181 g/mol. The Balaban J connectivity index is 0. The molecule has 0 atom stereocenters. The van der Waals surface area contributed by atoms with E-state index in [1.807, 2.05) is 27.7 Å². The molecule has 0 fully saturated rings. The number of esters is 1. The highest BCUT2D eigenvalue weighted by molar-refractivity contribution is 5.85. The van der Waals surface area contributed by atoms with Gasteiger partial charge < -0.3 is 4.74 Å². The molecule has 11 heavy (non-hydrogen) atoms. The lowest BCUT2D eigenvalue weighted by molar-refractivity contribution is -0.148. The fourth-order valence-electron chi connectivity index (χ4n) is 0.415. The highest BCUT2D eigenvalue weighted by Gasteiger charge is 2.07. The van der Waals surface area contributed by atoms with Crippen molar-refractivity contribution in [1.82, 2.24) is 0 Å². The molecule has 0 aliphatic heterocycles. The van der Waals surface area contributed by atoms with Gasteiger partial charge in [-0.25, -0.2) is 0 Å². The van der Waals surface area contributed by atoms with Crippen molar-refractivity contribution in [2.75, 3.05) is 6.61 Å². The van der Waals surface area contributed by atoms with Crippen LogP contribution in [0, 0.1) is 11.8 Å². The maximum Gasteiger partial charge on any atom is 0.308 e. The molecule has 0 aromatic carbocycles. The monoisotopic (exact) mass is 180 g/mol. The van der Waals surface area contributed by atoms with Crippen molar-refractivity contribution in [3.05, 3.63) is 0 Å². The summed E-state index contributed by atoms with van der Waals surface area (Å²) in [6.45, 7) is 8.25. The molecule has 0 rings (SSSR count). The summed E-state index contributed by atoms with van der Waals surface area (Å²) in [6.07, 6.45) is 0. The molecule has 0 saturated heterocycles. The summed E-state index contributed by atoms with van der Waals surface area (Å²) in [5.41, 5.74) is 0. The van der Waals surface area contributed by atoms with E-state index in [0.717, 1.165) is 0 Å². The number of halogens is 1. The fourth-order valence-corrected chi connectivity index (χ4v) is 0.415. The SMILES string of the molecule is CC(C)COC(=O)C(C)C.Cl. The number of carbonyl (C=O) groups is 1. The fraction of sp³-hybridized carbons (Fsp3) is 0.875. The number of carbonyl (C=O) groups excluding carboxylic acids is 1. The number of hydrogen-bond acceptors (Lipinski definition) is 2. The first kappa shape index (κ1) is 13.4. The van der Waals surface area contributed by atoms with E-state index in [9.17, 15) is 4.79 Å². The number of hydrogen-bond donors (Lipinski definition) is 0. The molecule has 0 N–H and O–H groups in total. The maximum absolute atomic E-state index is 10.8. The molecule has 0 radical (unpaired) electrons. The van der Waals surface area contributed by atoms with E-state index in [4.69, 9.17) is 4.74 Å². The molecule has 2 nitrogen and oxygen atoms in total. The van der Waals surface area contributed by atoms with Gasteiger partial charge in [-0.1, -0.05) is 27.7 Å². The highest BCUT2D eigenvalue weighted by Crippen LogP contribution is 1.99. The lowest BCUT2D eigenvalue weighted by Crippen LogP contribution is -2.14. The lowest BCUT2D eigenvalue weighted by Gasteiger charge is -2.08. The quantitative estimate of drug-likeness (QED) is 0.623. The Kier molecular flexibility index (Phi) is 7.85. The Morgan fingerprint density at radius 1 is 1.27 bits per heavy atom. The van der Waals surface area contributed by atoms with Crippen LogP contribution in [-0.4, -0.2) is 12.6 Å². The first-order valence-electron chi connectivity index (χ1n) is 3.70. The Morgan fingerprint density at radius 2 is 1.73 bits per heavy atom. The van der Waals surface area contributed by atoms with Crippen LogP contribution in [-0.2, 0) is 9.53 Å². The first-order valence-corrected chi connectivity index (χ1v) is 3.70. The van der Waals surface area contributed by atoms with Crippen molar-refractivity contribution in [3.8, 4) is 0 Å². The zero-order valence-corrected chi connectivity index (χ0v) is 8.40. The van der Waals surface area contributed by atoms with E-state index < -0.39 is 0 Å². The molecule has 0 bridgehead atoms. The number of ether oxygens (including phenoxy) is 1. The third kappa shape index (κ3) is 7.66. The molecule has 0 saturated carbocycles. The molecular formula is C8H17ClO2. The molecule has 0 heterocycles. The largest absolute Gasteiger partial charge is 0.465 e. The molecule has 0 aromatic rings. The second-order valence-electron chi connectivity index (χ2n) is 3.18. The summed E-state index contributed by atoms with van der Waals surface area (Å²) in [5.74, 6) is 0.329. The Labute approximate surface area is 74.7 Å². The van der Waals surface area contributed by atoms with E-state index in [-0.39, 0.29) is 24.3 Å². The van der Waals surface area contributed by atoms with Gasteiger partial charge in [0.05, 0.1) is 12.5 Å². The van der Waals surface area contributed by atoms with Gasteiger partial charge in [-0.15, -0.1) is 12.4 Å². The Bertz CT molecular complexity index is 111. The second kappa shape index (κ2) is 6.47. The van der Waals surface area contributed by atoms with Crippen molar-refractivity contribution in [2.24, 2.45) is 11.8 Å². The van der Waals surface area contributed by atoms with Crippen molar-refractivity contribution in [2.45, 2.75) is 27.7 Å². The zero-order valence-electron chi connectivity index (χ0n) is 7.59. The van der Waals surface area contributed by atoms with E-state index in [0.29, 0.717) is 12.5 Å². The second-order valence-corrected chi connectivity index (χ2v) is 3.18. The third-order valence-electron chi connectivity index (χ3n) is 1.03. The van der Waals surface area contributed by atoms with Crippen LogP contribution in [0.2, 0.25) is 0 Å². The van der Waals surface area contributed by atoms with Crippen LogP contribution in [0.25, 0.3) is 0 Å². The van der Waals surface area contributed by atoms with Crippen LogP contribution in [0.1, 0.15) is 27.7 Å². The van der Waals surface area contributed by atoms with Crippen LogP contribution < -0.4 is 0 Å². The zero-order chi connectivity index (χ0) is 8.15. The minimum atomic E-state index is -0.103. The number of rotatable bonds is 3. The topological polar surface area (TPSA) is 26.3 Å². The van der Waals surface area contributed by atoms with Gasteiger partial charge in [0.2, 0.25) is 0 Å². The molecule has 0 amide bonds. The van der Waals surface area contributed by atoms with Gasteiger partial charge in [0.15, 0.2) is 0 Å². The standard InChI is InChI=1S/C8H16O2.ClH/c1-6(2)5-10-8(9)7(3)4;/h6-7H,5H2,1-4H3;1H. The Hall–Kier alpha value is -0.240. The smallest absolute Gasteiger partial charge is 0.308 e. The Morgan fingerprint density at radius 3 is 2.00 bits per heavy atom. The highest BCUT2D eigenvalue weighted by atomic mass is 35.5. The van der Waals surface area contributed by atoms with Crippen LogP contribution >= 0.6 is 12.4 Å². The molecule has 0 unspecified atom stereocenters. The van der Waals surface area contributed by atoms with Crippen LogP contribution in [0.4, 0.5) is 0 Å². The van der Waals surface area contributed by atoms with E-state index >= 15 is 0 Å². The summed E-state index contributed by atoms with van der Waals surface area (Å²) in [5, 5.41) is 0. The third-order valence-corrected chi connectivity index (χ3v) is 1.03. The van der Waals surface area contributed by atoms with Crippen molar-refractivity contribution < 1.29 is 9.53 Å². The first-order chi connectivity index (χ1) is 4.54. The van der Waals surface area contributed by atoms with Crippen molar-refractivity contribution in [1.29, 1.82) is 0 Å². The van der Waals surface area contributed by atoms with Crippen molar-refractivity contribution in [3.63, 3.8) is 0 Å². The molecule has 68 valence electrons. The van der Waals surface area contributed by atoms with E-state index in [1.165, 1.54) is 0 Å². The molecule has 0 spiro atoms. The maximum atomic E-state index is 10.8. The summed E-state index contributed by atoms with van der Waals surface area (Å²) in [6, 6.07) is 0. The van der Waals surface area contributed by atoms with Gasteiger partial charge in [-0.3, -0.25) is 4.79 Å². The normalized spacial score (nSPS) is 9.64. The molecule has 0 aliphatic rings. The van der Waals surface area contributed by atoms with Crippen LogP contribution in [0.15, 0.2) is 0 Å². The van der Waals surface area contributed by atoms with Crippen molar-refractivity contribution >= 4 is 18.4 Å². The van der Waals surface area contributed by atoms with Gasteiger partial charge in [-0.2, -0.15) is 0 Å². The van der Waals surface area contributed by atoms with Crippen LogP contribution in [0.3, 0.4) is 0 Å². The predicted molar refractivity (Wildman–Crippen MR) is 47.9 cm³/mol. The molecule has 3 heteroatoms. The molecular weight excluding hydrogens is 164 g/mol. The summed E-state index contributed by atoms with van der Waals surface area (Å²) < 4.78 is 4.93. The van der Waals surface area contributed by atoms with Gasteiger partial charge >= 0.3 is 5.97 Å². The molecule has 0 aliphatic carbocycles. The van der Waals surface area contributed by atoms with Crippen LogP contribution in [0.5, 0.6) is 0 Å². The average Bonchev–Trinajstić information content (AvgIpc) is 1.82. The van der Waals surface area contributed by atoms with E-state index in [1.54, 1.807) is 0 Å².